The maximum absolute atomic E-state index is 5.34. The molecule has 0 saturated heterocycles. The zero-order chi connectivity index (χ0) is 23.6. The van der Waals surface area contributed by atoms with Gasteiger partial charge in [-0.25, -0.2) is 0 Å². The maximum Gasteiger partial charge on any atom is 0.119 e. The lowest BCUT2D eigenvalue weighted by atomic mass is 9.93. The summed E-state index contributed by atoms with van der Waals surface area (Å²) >= 11 is 0. The zero-order valence-corrected chi connectivity index (χ0v) is 19.8. The summed E-state index contributed by atoms with van der Waals surface area (Å²) in [6.45, 7) is 0. The lowest BCUT2D eigenvalue weighted by Gasteiger charge is -2.31. The van der Waals surface area contributed by atoms with Gasteiger partial charge in [-0.1, -0.05) is 60.7 Å². The van der Waals surface area contributed by atoms with Gasteiger partial charge in [-0.15, -0.1) is 0 Å². The van der Waals surface area contributed by atoms with Crippen LogP contribution < -0.4 is 20.1 Å². The average Bonchev–Trinajstić information content (AvgIpc) is 2.90. The molecule has 0 spiro atoms. The molecule has 0 bridgehead atoms. The zero-order valence-electron chi connectivity index (χ0n) is 19.8. The highest BCUT2D eigenvalue weighted by molar-refractivity contribution is 5.51. The highest BCUT2D eigenvalue weighted by Crippen LogP contribution is 2.23. The minimum Gasteiger partial charge on any atom is -0.497 e. The third-order valence-corrected chi connectivity index (χ3v) is 5.97. The SMILES string of the molecule is COc1ccc(NC(Cc2ccccc2)C(Cc2ccccc2)Nc2ccc(OC)cc2)cc1. The predicted molar refractivity (Wildman–Crippen MR) is 141 cm³/mol. The molecule has 4 nitrogen and oxygen atoms in total. The summed E-state index contributed by atoms with van der Waals surface area (Å²) in [6.07, 6.45) is 1.76. The Morgan fingerprint density at radius 3 is 1.18 bits per heavy atom. The fourth-order valence-electron chi connectivity index (χ4n) is 4.13. The molecule has 0 radical (unpaired) electrons. The second-order valence-corrected chi connectivity index (χ2v) is 8.34. The topological polar surface area (TPSA) is 42.5 Å². The Bertz CT molecular complexity index is 1020. The number of hydrogen-bond acceptors (Lipinski definition) is 4. The van der Waals surface area contributed by atoms with Crippen LogP contribution in [0, 0.1) is 0 Å². The van der Waals surface area contributed by atoms with Gasteiger partial charge in [0.1, 0.15) is 11.5 Å². The van der Waals surface area contributed by atoms with E-state index in [-0.39, 0.29) is 12.1 Å². The Morgan fingerprint density at radius 1 is 0.500 bits per heavy atom. The van der Waals surface area contributed by atoms with Crippen LogP contribution in [-0.2, 0) is 12.8 Å². The molecule has 2 atom stereocenters. The summed E-state index contributed by atoms with van der Waals surface area (Å²) in [5.41, 5.74) is 4.72. The van der Waals surface area contributed by atoms with Crippen molar-refractivity contribution in [2.45, 2.75) is 24.9 Å². The molecule has 0 aliphatic rings. The molecule has 4 heteroatoms. The molecule has 2 unspecified atom stereocenters. The normalized spacial score (nSPS) is 12.4. The maximum atomic E-state index is 5.34. The molecule has 0 aliphatic heterocycles. The van der Waals surface area contributed by atoms with E-state index in [4.69, 9.17) is 9.47 Å². The molecule has 4 aromatic rings. The second kappa shape index (κ2) is 11.8. The molecule has 4 aromatic carbocycles. The molecule has 0 aromatic heterocycles. The van der Waals surface area contributed by atoms with E-state index < -0.39 is 0 Å². The van der Waals surface area contributed by atoms with Crippen LogP contribution in [0.4, 0.5) is 11.4 Å². The van der Waals surface area contributed by atoms with E-state index in [0.29, 0.717) is 0 Å². The van der Waals surface area contributed by atoms with Crippen molar-refractivity contribution < 1.29 is 9.47 Å². The number of nitrogens with one attached hydrogen (secondary N) is 2. The second-order valence-electron chi connectivity index (χ2n) is 8.34. The van der Waals surface area contributed by atoms with Gasteiger partial charge >= 0.3 is 0 Å². The molecule has 0 saturated carbocycles. The van der Waals surface area contributed by atoms with Gasteiger partial charge in [0.15, 0.2) is 0 Å². The summed E-state index contributed by atoms with van der Waals surface area (Å²) < 4.78 is 10.7. The van der Waals surface area contributed by atoms with Gasteiger partial charge < -0.3 is 20.1 Å². The summed E-state index contributed by atoms with van der Waals surface area (Å²) in [5, 5.41) is 7.60. The van der Waals surface area contributed by atoms with E-state index in [1.165, 1.54) is 11.1 Å². The average molecular weight is 453 g/mol. The monoisotopic (exact) mass is 452 g/mol. The Hall–Kier alpha value is -3.92. The summed E-state index contributed by atoms with van der Waals surface area (Å²) in [6, 6.07) is 37.8. The van der Waals surface area contributed by atoms with Crippen LogP contribution in [0.5, 0.6) is 11.5 Å². The Balaban J connectivity index is 1.64. The van der Waals surface area contributed by atoms with Gasteiger partial charge in [-0.05, 0) is 72.5 Å². The van der Waals surface area contributed by atoms with Crippen LogP contribution in [0.15, 0.2) is 109 Å². The molecule has 2 N–H and O–H groups in total. The highest BCUT2D eigenvalue weighted by Gasteiger charge is 2.23. The minimum absolute atomic E-state index is 0.137. The standard InChI is InChI=1S/C30H32N2O2/c1-33-27-17-13-25(14-18-27)31-29(21-23-9-5-3-6-10-23)30(22-24-11-7-4-8-12-24)32-26-15-19-28(34-2)20-16-26/h3-20,29-32H,21-22H2,1-2H3. The van der Waals surface area contributed by atoms with Crippen molar-refractivity contribution >= 4 is 11.4 Å². The quantitative estimate of drug-likeness (QED) is 0.274. The van der Waals surface area contributed by atoms with Crippen LogP contribution in [0.25, 0.3) is 0 Å². The van der Waals surface area contributed by atoms with Crippen molar-refractivity contribution in [1.29, 1.82) is 0 Å². The molecule has 0 heterocycles. The summed E-state index contributed by atoms with van der Waals surface area (Å²) in [4.78, 5) is 0. The van der Waals surface area contributed by atoms with E-state index in [9.17, 15) is 0 Å². The molecular weight excluding hydrogens is 420 g/mol. The summed E-state index contributed by atoms with van der Waals surface area (Å²) in [5.74, 6) is 1.70. The first kappa shape index (κ1) is 23.2. The number of hydrogen-bond donors (Lipinski definition) is 2. The number of anilines is 2. The van der Waals surface area contributed by atoms with Crippen molar-refractivity contribution in [3.05, 3.63) is 120 Å². The van der Waals surface area contributed by atoms with Crippen molar-refractivity contribution in [3.63, 3.8) is 0 Å². The lowest BCUT2D eigenvalue weighted by Crippen LogP contribution is -2.42. The van der Waals surface area contributed by atoms with E-state index in [2.05, 4.69) is 95.6 Å². The molecule has 0 fully saturated rings. The van der Waals surface area contributed by atoms with Gasteiger partial charge in [0.25, 0.3) is 0 Å². The molecule has 34 heavy (non-hydrogen) atoms. The third-order valence-electron chi connectivity index (χ3n) is 5.97. The third kappa shape index (κ3) is 6.55. The summed E-state index contributed by atoms with van der Waals surface area (Å²) in [7, 11) is 3.38. The molecule has 0 amide bonds. The van der Waals surface area contributed by atoms with Crippen LogP contribution >= 0.6 is 0 Å². The largest absolute Gasteiger partial charge is 0.497 e. The smallest absolute Gasteiger partial charge is 0.119 e. The first-order chi connectivity index (χ1) is 16.7. The van der Waals surface area contributed by atoms with Crippen molar-refractivity contribution in [2.24, 2.45) is 0 Å². The molecule has 4 rings (SSSR count). The van der Waals surface area contributed by atoms with Gasteiger partial charge in [0, 0.05) is 11.4 Å². The lowest BCUT2D eigenvalue weighted by molar-refractivity contribution is 0.414. The molecule has 0 aliphatic carbocycles. The number of methoxy groups -OCH3 is 2. The van der Waals surface area contributed by atoms with Gasteiger partial charge in [-0.2, -0.15) is 0 Å². The van der Waals surface area contributed by atoms with E-state index in [0.717, 1.165) is 35.7 Å². The van der Waals surface area contributed by atoms with Crippen LogP contribution in [0.3, 0.4) is 0 Å². The number of rotatable bonds is 11. The van der Waals surface area contributed by atoms with Gasteiger partial charge in [0.05, 0.1) is 26.3 Å². The van der Waals surface area contributed by atoms with Crippen molar-refractivity contribution in [1.82, 2.24) is 0 Å². The van der Waals surface area contributed by atoms with Crippen LogP contribution in [0.1, 0.15) is 11.1 Å². The first-order valence-electron chi connectivity index (χ1n) is 11.6. The Morgan fingerprint density at radius 2 is 0.853 bits per heavy atom. The van der Waals surface area contributed by atoms with E-state index >= 15 is 0 Å². The Kier molecular flexibility index (Phi) is 8.07. The van der Waals surface area contributed by atoms with E-state index in [1.54, 1.807) is 14.2 Å². The van der Waals surface area contributed by atoms with Crippen LogP contribution in [0.2, 0.25) is 0 Å². The highest BCUT2D eigenvalue weighted by atomic mass is 16.5. The van der Waals surface area contributed by atoms with Crippen LogP contribution in [-0.4, -0.2) is 26.3 Å². The Labute approximate surface area is 202 Å². The van der Waals surface area contributed by atoms with Gasteiger partial charge in [0.2, 0.25) is 0 Å². The number of ether oxygens (including phenoxy) is 2. The van der Waals surface area contributed by atoms with Gasteiger partial charge in [-0.3, -0.25) is 0 Å². The fraction of sp³-hybridized carbons (Fsp3) is 0.200. The number of benzene rings is 4. The van der Waals surface area contributed by atoms with Crippen molar-refractivity contribution in [3.8, 4) is 11.5 Å². The van der Waals surface area contributed by atoms with Crippen molar-refractivity contribution in [2.75, 3.05) is 24.9 Å². The molecule has 174 valence electrons. The molecular formula is C30H32N2O2. The predicted octanol–water partition coefficient (Wildman–Crippen LogP) is 6.45. The fourth-order valence-corrected chi connectivity index (χ4v) is 4.13. The van der Waals surface area contributed by atoms with E-state index in [1.807, 2.05) is 24.3 Å². The minimum atomic E-state index is 0.137. The first-order valence-corrected chi connectivity index (χ1v) is 11.6.